The summed E-state index contributed by atoms with van der Waals surface area (Å²) in [6.45, 7) is 2.47. The van der Waals surface area contributed by atoms with Gasteiger partial charge in [-0.15, -0.1) is 0 Å². The van der Waals surface area contributed by atoms with Crippen molar-refractivity contribution in [2.75, 3.05) is 19.0 Å². The molecule has 6 nitrogen and oxygen atoms in total. The van der Waals surface area contributed by atoms with Crippen LogP contribution in [0.5, 0.6) is 0 Å². The largest absolute Gasteiger partial charge is 0.383 e. The summed E-state index contributed by atoms with van der Waals surface area (Å²) in [5.74, 6) is 0.611. The minimum atomic E-state index is -0.297. The quantitative estimate of drug-likeness (QED) is 0.860. The first kappa shape index (κ1) is 15.4. The standard InChI is InChI=1S/C14H18N4O2S/c1-3-11(9-20-2)15-13(19)17-14-16-12(18-21-14)10-7-5-4-6-8-10/h4-8,11H,3,9H2,1-2H3,(H2,15,16,17,18,19). The van der Waals surface area contributed by atoms with E-state index in [1.54, 1.807) is 7.11 Å². The van der Waals surface area contributed by atoms with E-state index in [2.05, 4.69) is 20.0 Å². The van der Waals surface area contributed by atoms with Crippen LogP contribution < -0.4 is 10.6 Å². The number of benzene rings is 1. The van der Waals surface area contributed by atoms with Gasteiger partial charge in [0.25, 0.3) is 0 Å². The summed E-state index contributed by atoms with van der Waals surface area (Å²) >= 11 is 1.16. The van der Waals surface area contributed by atoms with Crippen LogP contribution in [0.1, 0.15) is 13.3 Å². The predicted octanol–water partition coefficient (Wildman–Crippen LogP) is 2.75. The molecule has 0 fully saturated rings. The summed E-state index contributed by atoms with van der Waals surface area (Å²) in [4.78, 5) is 16.2. The number of rotatable bonds is 6. The molecule has 21 heavy (non-hydrogen) atoms. The Bertz CT molecular complexity index is 573. The van der Waals surface area contributed by atoms with E-state index in [1.165, 1.54) is 0 Å². The molecular formula is C14H18N4O2S. The molecule has 0 bridgehead atoms. The summed E-state index contributed by atoms with van der Waals surface area (Å²) in [7, 11) is 1.61. The van der Waals surface area contributed by atoms with E-state index in [1.807, 2.05) is 37.3 Å². The maximum Gasteiger partial charge on any atom is 0.321 e. The highest BCUT2D eigenvalue weighted by atomic mass is 32.1. The fraction of sp³-hybridized carbons (Fsp3) is 0.357. The van der Waals surface area contributed by atoms with Gasteiger partial charge < -0.3 is 10.1 Å². The first-order valence-corrected chi connectivity index (χ1v) is 7.45. The Hall–Kier alpha value is -1.99. The van der Waals surface area contributed by atoms with Crippen LogP contribution in [0.25, 0.3) is 11.4 Å². The first-order chi connectivity index (χ1) is 10.2. The molecule has 0 aliphatic heterocycles. The van der Waals surface area contributed by atoms with E-state index in [0.717, 1.165) is 23.5 Å². The Kier molecular flexibility index (Phi) is 5.65. The van der Waals surface area contributed by atoms with Crippen LogP contribution in [0, 0.1) is 0 Å². The van der Waals surface area contributed by atoms with E-state index >= 15 is 0 Å². The molecule has 2 rings (SSSR count). The van der Waals surface area contributed by atoms with Crippen molar-refractivity contribution in [2.24, 2.45) is 0 Å². The Morgan fingerprint density at radius 3 is 2.81 bits per heavy atom. The van der Waals surface area contributed by atoms with Crippen molar-refractivity contribution >= 4 is 22.7 Å². The molecule has 1 aromatic carbocycles. The Morgan fingerprint density at radius 2 is 2.14 bits per heavy atom. The zero-order chi connectivity index (χ0) is 15.1. The van der Waals surface area contributed by atoms with Crippen LogP contribution in [0.15, 0.2) is 30.3 Å². The molecule has 0 saturated carbocycles. The summed E-state index contributed by atoms with van der Waals surface area (Å²) in [6, 6.07) is 9.32. The minimum absolute atomic E-state index is 0.0171. The van der Waals surface area contributed by atoms with Crippen LogP contribution in [-0.2, 0) is 4.74 Å². The maximum absolute atomic E-state index is 11.9. The number of anilines is 1. The number of hydrogen-bond donors (Lipinski definition) is 2. The molecule has 112 valence electrons. The predicted molar refractivity (Wildman–Crippen MR) is 83.5 cm³/mol. The van der Waals surface area contributed by atoms with E-state index in [4.69, 9.17) is 4.74 Å². The molecule has 0 saturated heterocycles. The number of aromatic nitrogens is 2. The van der Waals surface area contributed by atoms with Crippen molar-refractivity contribution in [3.05, 3.63) is 30.3 Å². The summed E-state index contributed by atoms with van der Waals surface area (Å²) in [6.07, 6.45) is 0.798. The molecule has 1 heterocycles. The second kappa shape index (κ2) is 7.70. The second-order valence-corrected chi connectivity index (χ2v) is 5.20. The summed E-state index contributed by atoms with van der Waals surface area (Å²) in [5.41, 5.74) is 0.924. The van der Waals surface area contributed by atoms with Crippen molar-refractivity contribution in [1.29, 1.82) is 0 Å². The van der Waals surface area contributed by atoms with Crippen molar-refractivity contribution in [3.63, 3.8) is 0 Å². The number of methoxy groups -OCH3 is 1. The fourth-order valence-electron chi connectivity index (χ4n) is 1.76. The van der Waals surface area contributed by atoms with Crippen molar-refractivity contribution in [3.8, 4) is 11.4 Å². The van der Waals surface area contributed by atoms with Crippen LogP contribution >= 0.6 is 11.5 Å². The van der Waals surface area contributed by atoms with Gasteiger partial charge in [-0.3, -0.25) is 5.32 Å². The van der Waals surface area contributed by atoms with E-state index in [-0.39, 0.29) is 12.1 Å². The zero-order valence-electron chi connectivity index (χ0n) is 12.0. The molecule has 2 aromatic rings. The molecule has 0 spiro atoms. The van der Waals surface area contributed by atoms with E-state index < -0.39 is 0 Å². The number of urea groups is 1. The molecule has 1 unspecified atom stereocenters. The van der Waals surface area contributed by atoms with Crippen LogP contribution in [0.4, 0.5) is 9.93 Å². The topological polar surface area (TPSA) is 76.1 Å². The molecule has 2 N–H and O–H groups in total. The smallest absolute Gasteiger partial charge is 0.321 e. The number of carbonyl (C=O) groups excluding carboxylic acids is 1. The normalized spacial score (nSPS) is 11.9. The summed E-state index contributed by atoms with van der Waals surface area (Å²) in [5, 5.41) is 5.99. The maximum atomic E-state index is 11.9. The lowest BCUT2D eigenvalue weighted by molar-refractivity contribution is 0.165. The van der Waals surface area contributed by atoms with Crippen LogP contribution in [0.2, 0.25) is 0 Å². The molecule has 7 heteroatoms. The Labute approximate surface area is 127 Å². The highest BCUT2D eigenvalue weighted by Gasteiger charge is 2.12. The van der Waals surface area contributed by atoms with Crippen molar-refractivity contribution in [2.45, 2.75) is 19.4 Å². The van der Waals surface area contributed by atoms with Gasteiger partial charge in [0.1, 0.15) is 0 Å². The van der Waals surface area contributed by atoms with E-state index in [9.17, 15) is 4.79 Å². The lowest BCUT2D eigenvalue weighted by Crippen LogP contribution is -2.40. The second-order valence-electron chi connectivity index (χ2n) is 4.45. The number of carbonyl (C=O) groups is 1. The number of hydrogen-bond acceptors (Lipinski definition) is 5. The first-order valence-electron chi connectivity index (χ1n) is 6.68. The Balaban J connectivity index is 1.95. The lowest BCUT2D eigenvalue weighted by Gasteiger charge is -2.15. The van der Waals surface area contributed by atoms with Gasteiger partial charge >= 0.3 is 6.03 Å². The summed E-state index contributed by atoms with van der Waals surface area (Å²) < 4.78 is 9.28. The van der Waals surface area contributed by atoms with Crippen molar-refractivity contribution < 1.29 is 9.53 Å². The van der Waals surface area contributed by atoms with Gasteiger partial charge in [0.05, 0.1) is 12.6 Å². The molecule has 0 aliphatic rings. The highest BCUT2D eigenvalue weighted by molar-refractivity contribution is 7.10. The number of ether oxygens (including phenoxy) is 1. The van der Waals surface area contributed by atoms with Gasteiger partial charge in [-0.1, -0.05) is 37.3 Å². The van der Waals surface area contributed by atoms with Gasteiger partial charge in [-0.25, -0.2) is 4.79 Å². The monoisotopic (exact) mass is 306 g/mol. The Morgan fingerprint density at radius 1 is 1.38 bits per heavy atom. The SMILES string of the molecule is CCC(COC)NC(=O)Nc1nc(-c2ccccc2)ns1. The zero-order valence-corrected chi connectivity index (χ0v) is 12.8. The third-order valence-corrected chi connectivity index (χ3v) is 3.50. The number of amides is 2. The molecule has 1 atom stereocenters. The third kappa shape index (κ3) is 4.51. The average molecular weight is 306 g/mol. The highest BCUT2D eigenvalue weighted by Crippen LogP contribution is 2.20. The van der Waals surface area contributed by atoms with Crippen molar-refractivity contribution in [1.82, 2.24) is 14.7 Å². The van der Waals surface area contributed by atoms with Crippen LogP contribution in [0.3, 0.4) is 0 Å². The number of nitrogens with zero attached hydrogens (tertiary/aromatic N) is 2. The van der Waals surface area contributed by atoms with Gasteiger partial charge in [0.2, 0.25) is 5.13 Å². The molecule has 0 radical (unpaired) electrons. The average Bonchev–Trinajstić information content (AvgIpc) is 2.96. The number of nitrogens with one attached hydrogen (secondary N) is 2. The van der Waals surface area contributed by atoms with Gasteiger partial charge in [0, 0.05) is 24.2 Å². The van der Waals surface area contributed by atoms with Gasteiger partial charge in [-0.05, 0) is 6.42 Å². The molecule has 1 aromatic heterocycles. The molecule has 0 aliphatic carbocycles. The van der Waals surface area contributed by atoms with Gasteiger partial charge in [0.15, 0.2) is 5.82 Å². The molecule has 2 amide bonds. The molecular weight excluding hydrogens is 288 g/mol. The van der Waals surface area contributed by atoms with Gasteiger partial charge in [-0.2, -0.15) is 9.36 Å². The van der Waals surface area contributed by atoms with Crippen LogP contribution in [-0.4, -0.2) is 35.1 Å². The third-order valence-electron chi connectivity index (χ3n) is 2.87. The minimum Gasteiger partial charge on any atom is -0.383 e. The van der Waals surface area contributed by atoms with E-state index in [0.29, 0.717) is 17.6 Å². The lowest BCUT2D eigenvalue weighted by atomic mass is 10.2. The fourth-order valence-corrected chi connectivity index (χ4v) is 2.34.